The van der Waals surface area contributed by atoms with Gasteiger partial charge in [0.1, 0.15) is 5.75 Å². The molecule has 0 saturated carbocycles. The molecule has 0 heterocycles. The summed E-state index contributed by atoms with van der Waals surface area (Å²) in [5.74, 6) is 0.346. The lowest BCUT2D eigenvalue weighted by Crippen LogP contribution is -2.35. The van der Waals surface area contributed by atoms with Crippen molar-refractivity contribution in [3.8, 4) is 5.75 Å². The molecule has 1 rings (SSSR count). The predicted molar refractivity (Wildman–Crippen MR) is 83.8 cm³/mol. The molecule has 3 amide bonds. The first kappa shape index (κ1) is 16.8. The van der Waals surface area contributed by atoms with E-state index in [0.717, 1.165) is 0 Å². The molecule has 116 valence electrons. The quantitative estimate of drug-likeness (QED) is 0.798. The average molecular weight is 293 g/mol. The number of rotatable bonds is 4. The number of carbonyl (C=O) groups excluding carboxylic acids is 2. The highest BCUT2D eigenvalue weighted by atomic mass is 16.5. The van der Waals surface area contributed by atoms with Crippen LogP contribution in [0.4, 0.5) is 16.2 Å². The largest absolute Gasteiger partial charge is 0.495 e. The summed E-state index contributed by atoms with van der Waals surface area (Å²) in [5.41, 5.74) is 1.09. The number of amides is 3. The SMILES string of the molecule is COc1ccc(NC(C)=O)cc1NC(=O)NCC(C)(C)C. The summed E-state index contributed by atoms with van der Waals surface area (Å²) in [4.78, 5) is 23.0. The molecule has 0 radical (unpaired) electrons. The fourth-order valence-corrected chi connectivity index (χ4v) is 1.60. The molecule has 21 heavy (non-hydrogen) atoms. The maximum absolute atomic E-state index is 11.9. The van der Waals surface area contributed by atoms with Gasteiger partial charge < -0.3 is 20.7 Å². The highest BCUT2D eigenvalue weighted by molar-refractivity contribution is 5.94. The number of hydrogen-bond donors (Lipinski definition) is 3. The van der Waals surface area contributed by atoms with Crippen LogP contribution in [-0.4, -0.2) is 25.6 Å². The number of urea groups is 1. The van der Waals surface area contributed by atoms with Crippen molar-refractivity contribution in [2.24, 2.45) is 5.41 Å². The predicted octanol–water partition coefficient (Wildman–Crippen LogP) is 2.82. The molecule has 1 aromatic carbocycles. The molecule has 6 heteroatoms. The highest BCUT2D eigenvalue weighted by Crippen LogP contribution is 2.27. The zero-order chi connectivity index (χ0) is 16.0. The van der Waals surface area contributed by atoms with Crippen molar-refractivity contribution in [3.63, 3.8) is 0 Å². The van der Waals surface area contributed by atoms with Crippen LogP contribution < -0.4 is 20.7 Å². The Kier molecular flexibility index (Phi) is 5.58. The molecule has 0 spiro atoms. The van der Waals surface area contributed by atoms with Gasteiger partial charge in [-0.3, -0.25) is 4.79 Å². The van der Waals surface area contributed by atoms with Gasteiger partial charge >= 0.3 is 6.03 Å². The van der Waals surface area contributed by atoms with E-state index in [4.69, 9.17) is 4.74 Å². The minimum absolute atomic E-state index is 0.000536. The summed E-state index contributed by atoms with van der Waals surface area (Å²) in [6, 6.07) is 4.73. The van der Waals surface area contributed by atoms with Crippen LogP contribution in [0.3, 0.4) is 0 Å². The van der Waals surface area contributed by atoms with E-state index in [1.165, 1.54) is 14.0 Å². The number of benzene rings is 1. The first-order chi connectivity index (χ1) is 9.71. The summed E-state index contributed by atoms with van der Waals surface area (Å²) in [7, 11) is 1.52. The third-order valence-corrected chi connectivity index (χ3v) is 2.55. The first-order valence-electron chi connectivity index (χ1n) is 6.72. The third-order valence-electron chi connectivity index (χ3n) is 2.55. The molecule has 6 nitrogen and oxygen atoms in total. The molecule has 0 atom stereocenters. The fourth-order valence-electron chi connectivity index (χ4n) is 1.60. The van der Waals surface area contributed by atoms with E-state index in [1.807, 2.05) is 20.8 Å². The van der Waals surface area contributed by atoms with Crippen LogP contribution in [0, 0.1) is 5.41 Å². The Morgan fingerprint density at radius 3 is 2.38 bits per heavy atom. The molecule has 0 aromatic heterocycles. The van der Waals surface area contributed by atoms with Crippen LogP contribution in [0.5, 0.6) is 5.75 Å². The Bertz CT molecular complexity index is 521. The molecule has 0 aliphatic rings. The third kappa shape index (κ3) is 6.16. The van der Waals surface area contributed by atoms with E-state index in [0.29, 0.717) is 23.7 Å². The lowest BCUT2D eigenvalue weighted by molar-refractivity contribution is -0.114. The van der Waals surface area contributed by atoms with E-state index < -0.39 is 0 Å². The topological polar surface area (TPSA) is 79.5 Å². The van der Waals surface area contributed by atoms with Gasteiger partial charge in [-0.1, -0.05) is 20.8 Å². The van der Waals surface area contributed by atoms with Gasteiger partial charge in [0.05, 0.1) is 12.8 Å². The van der Waals surface area contributed by atoms with Crippen molar-refractivity contribution in [3.05, 3.63) is 18.2 Å². The Labute approximate surface area is 125 Å². The number of anilines is 2. The molecule has 0 fully saturated rings. The maximum Gasteiger partial charge on any atom is 0.319 e. The molecular formula is C15H23N3O3. The zero-order valence-electron chi connectivity index (χ0n) is 13.2. The zero-order valence-corrected chi connectivity index (χ0v) is 13.2. The first-order valence-corrected chi connectivity index (χ1v) is 6.72. The Balaban J connectivity index is 2.79. The van der Waals surface area contributed by atoms with Crippen molar-refractivity contribution < 1.29 is 14.3 Å². The van der Waals surface area contributed by atoms with E-state index in [-0.39, 0.29) is 17.4 Å². The highest BCUT2D eigenvalue weighted by Gasteiger charge is 2.13. The van der Waals surface area contributed by atoms with Crippen molar-refractivity contribution >= 4 is 23.3 Å². The van der Waals surface area contributed by atoms with Crippen LogP contribution in [0.15, 0.2) is 18.2 Å². The molecule has 0 bridgehead atoms. The minimum Gasteiger partial charge on any atom is -0.495 e. The minimum atomic E-state index is -0.316. The van der Waals surface area contributed by atoms with Gasteiger partial charge in [-0.2, -0.15) is 0 Å². The Hall–Kier alpha value is -2.24. The monoisotopic (exact) mass is 293 g/mol. The number of carbonyl (C=O) groups is 2. The number of methoxy groups -OCH3 is 1. The van der Waals surface area contributed by atoms with Gasteiger partial charge in [0.2, 0.25) is 5.91 Å². The summed E-state index contributed by atoms with van der Waals surface area (Å²) >= 11 is 0. The van der Waals surface area contributed by atoms with Crippen LogP contribution in [0.2, 0.25) is 0 Å². The summed E-state index contributed by atoms with van der Waals surface area (Å²) in [5, 5.41) is 8.17. The van der Waals surface area contributed by atoms with Crippen molar-refractivity contribution in [2.75, 3.05) is 24.3 Å². The maximum atomic E-state index is 11.9. The van der Waals surface area contributed by atoms with Gasteiger partial charge in [0.25, 0.3) is 0 Å². The second kappa shape index (κ2) is 6.97. The Morgan fingerprint density at radius 1 is 1.19 bits per heavy atom. The van der Waals surface area contributed by atoms with Crippen LogP contribution >= 0.6 is 0 Å². The van der Waals surface area contributed by atoms with Crippen molar-refractivity contribution in [1.82, 2.24) is 5.32 Å². The molecule has 3 N–H and O–H groups in total. The van der Waals surface area contributed by atoms with Gasteiger partial charge in [-0.05, 0) is 23.6 Å². The standard InChI is InChI=1S/C15H23N3O3/c1-10(19)17-11-6-7-13(21-5)12(8-11)18-14(20)16-9-15(2,3)4/h6-8H,9H2,1-5H3,(H,17,19)(H2,16,18,20). The molecule has 0 unspecified atom stereocenters. The number of nitrogens with one attached hydrogen (secondary N) is 3. The second-order valence-electron chi connectivity index (χ2n) is 5.96. The molecule has 1 aromatic rings. The van der Waals surface area contributed by atoms with E-state index >= 15 is 0 Å². The Morgan fingerprint density at radius 2 is 1.86 bits per heavy atom. The van der Waals surface area contributed by atoms with Crippen LogP contribution in [0.25, 0.3) is 0 Å². The lowest BCUT2D eigenvalue weighted by Gasteiger charge is -2.19. The van der Waals surface area contributed by atoms with E-state index in [2.05, 4.69) is 16.0 Å². The normalized spacial score (nSPS) is 10.7. The van der Waals surface area contributed by atoms with Gasteiger partial charge in [-0.25, -0.2) is 4.79 Å². The molecule has 0 aliphatic heterocycles. The smallest absolute Gasteiger partial charge is 0.319 e. The molecule has 0 aliphatic carbocycles. The lowest BCUT2D eigenvalue weighted by atomic mass is 9.97. The van der Waals surface area contributed by atoms with Crippen LogP contribution in [-0.2, 0) is 4.79 Å². The van der Waals surface area contributed by atoms with Gasteiger partial charge in [0.15, 0.2) is 0 Å². The van der Waals surface area contributed by atoms with E-state index in [9.17, 15) is 9.59 Å². The summed E-state index contributed by atoms with van der Waals surface area (Å²) < 4.78 is 5.20. The summed E-state index contributed by atoms with van der Waals surface area (Å²) in [6.45, 7) is 8.07. The van der Waals surface area contributed by atoms with Crippen molar-refractivity contribution in [1.29, 1.82) is 0 Å². The van der Waals surface area contributed by atoms with Crippen molar-refractivity contribution in [2.45, 2.75) is 27.7 Å². The number of ether oxygens (including phenoxy) is 1. The molecule has 0 saturated heterocycles. The number of hydrogen-bond acceptors (Lipinski definition) is 3. The molecular weight excluding hydrogens is 270 g/mol. The van der Waals surface area contributed by atoms with E-state index in [1.54, 1.807) is 18.2 Å². The summed E-state index contributed by atoms with van der Waals surface area (Å²) in [6.07, 6.45) is 0. The average Bonchev–Trinajstić information content (AvgIpc) is 2.35. The second-order valence-corrected chi connectivity index (χ2v) is 5.96. The van der Waals surface area contributed by atoms with Gasteiger partial charge in [0, 0.05) is 19.2 Å². The van der Waals surface area contributed by atoms with Gasteiger partial charge in [-0.15, -0.1) is 0 Å². The van der Waals surface area contributed by atoms with Crippen LogP contribution in [0.1, 0.15) is 27.7 Å². The fraction of sp³-hybridized carbons (Fsp3) is 0.467.